The predicted octanol–water partition coefficient (Wildman–Crippen LogP) is 3.38. The monoisotopic (exact) mass is 420 g/mol. The SMILES string of the molecule is CN(Cc1ccc(C(=O)NCC(F)(F)F)cc1)C(=O)/C=C/c1ccc2c(c1)OCO2. The van der Waals surface area contributed by atoms with Gasteiger partial charge < -0.3 is 19.7 Å². The van der Waals surface area contributed by atoms with Crippen LogP contribution in [0.4, 0.5) is 13.2 Å². The molecule has 6 nitrogen and oxygen atoms in total. The Morgan fingerprint density at radius 2 is 1.80 bits per heavy atom. The van der Waals surface area contributed by atoms with Crippen molar-refractivity contribution in [1.29, 1.82) is 0 Å². The number of rotatable bonds is 6. The Labute approximate surface area is 170 Å². The van der Waals surface area contributed by atoms with Gasteiger partial charge >= 0.3 is 6.18 Å². The van der Waals surface area contributed by atoms with Crippen molar-refractivity contribution in [3.63, 3.8) is 0 Å². The zero-order valence-corrected chi connectivity index (χ0v) is 16.0. The van der Waals surface area contributed by atoms with E-state index in [2.05, 4.69) is 0 Å². The number of ether oxygens (including phenoxy) is 2. The topological polar surface area (TPSA) is 67.9 Å². The Morgan fingerprint density at radius 3 is 2.50 bits per heavy atom. The zero-order chi connectivity index (χ0) is 21.7. The van der Waals surface area contributed by atoms with Gasteiger partial charge in [-0.05, 0) is 41.5 Å². The van der Waals surface area contributed by atoms with E-state index in [0.29, 0.717) is 11.5 Å². The fourth-order valence-corrected chi connectivity index (χ4v) is 2.71. The van der Waals surface area contributed by atoms with Crippen molar-refractivity contribution in [3.05, 3.63) is 65.2 Å². The van der Waals surface area contributed by atoms with Crippen molar-refractivity contribution in [1.82, 2.24) is 10.2 Å². The van der Waals surface area contributed by atoms with E-state index in [0.717, 1.165) is 11.1 Å². The minimum atomic E-state index is -4.47. The van der Waals surface area contributed by atoms with Gasteiger partial charge in [0.15, 0.2) is 11.5 Å². The minimum absolute atomic E-state index is 0.111. The summed E-state index contributed by atoms with van der Waals surface area (Å²) < 4.78 is 47.1. The Balaban J connectivity index is 1.54. The highest BCUT2D eigenvalue weighted by Crippen LogP contribution is 2.32. The van der Waals surface area contributed by atoms with E-state index < -0.39 is 18.6 Å². The van der Waals surface area contributed by atoms with Gasteiger partial charge in [0.1, 0.15) is 6.54 Å². The summed E-state index contributed by atoms with van der Waals surface area (Å²) in [6, 6.07) is 11.4. The molecule has 2 amide bonds. The van der Waals surface area contributed by atoms with Crippen molar-refractivity contribution in [2.75, 3.05) is 20.4 Å². The van der Waals surface area contributed by atoms with Crippen molar-refractivity contribution in [2.24, 2.45) is 0 Å². The maximum atomic E-state index is 12.3. The highest BCUT2D eigenvalue weighted by molar-refractivity contribution is 5.94. The smallest absolute Gasteiger partial charge is 0.405 e. The van der Waals surface area contributed by atoms with Crippen LogP contribution in [0.2, 0.25) is 0 Å². The van der Waals surface area contributed by atoms with E-state index >= 15 is 0 Å². The zero-order valence-electron chi connectivity index (χ0n) is 16.0. The standard InChI is InChI=1S/C21H19F3N2O4/c1-26(19(27)9-5-14-4-8-17-18(10-14)30-13-29-17)11-15-2-6-16(7-3-15)20(28)25-12-21(22,23)24/h2-10H,11-13H2,1H3,(H,25,28)/b9-5+. The molecule has 0 aromatic heterocycles. The average Bonchev–Trinajstić information content (AvgIpc) is 3.18. The Morgan fingerprint density at radius 1 is 1.10 bits per heavy atom. The Bertz CT molecular complexity index is 956. The van der Waals surface area contributed by atoms with Gasteiger partial charge in [-0.15, -0.1) is 0 Å². The second-order valence-electron chi connectivity index (χ2n) is 6.64. The molecule has 1 heterocycles. The Kier molecular flexibility index (Phi) is 6.29. The highest BCUT2D eigenvalue weighted by atomic mass is 19.4. The van der Waals surface area contributed by atoms with E-state index in [4.69, 9.17) is 9.47 Å². The van der Waals surface area contributed by atoms with E-state index in [1.807, 2.05) is 5.32 Å². The molecule has 2 aromatic rings. The minimum Gasteiger partial charge on any atom is -0.454 e. The third-order valence-electron chi connectivity index (χ3n) is 4.28. The summed E-state index contributed by atoms with van der Waals surface area (Å²) in [5.74, 6) is 0.234. The van der Waals surface area contributed by atoms with Crippen LogP contribution in [0, 0.1) is 0 Å². The summed E-state index contributed by atoms with van der Waals surface area (Å²) in [5, 5.41) is 1.81. The second kappa shape index (κ2) is 8.89. The fourth-order valence-electron chi connectivity index (χ4n) is 2.71. The fraction of sp³-hybridized carbons (Fsp3) is 0.238. The first-order valence-corrected chi connectivity index (χ1v) is 8.98. The third kappa shape index (κ3) is 5.76. The van der Waals surface area contributed by atoms with E-state index in [1.165, 1.54) is 23.1 Å². The predicted molar refractivity (Wildman–Crippen MR) is 103 cm³/mol. The normalized spacial score (nSPS) is 12.8. The molecule has 0 saturated carbocycles. The lowest BCUT2D eigenvalue weighted by atomic mass is 10.1. The van der Waals surface area contributed by atoms with Gasteiger partial charge in [-0.1, -0.05) is 18.2 Å². The number of carbonyl (C=O) groups excluding carboxylic acids is 2. The number of hydrogen-bond acceptors (Lipinski definition) is 4. The van der Waals surface area contributed by atoms with E-state index in [9.17, 15) is 22.8 Å². The molecule has 0 radical (unpaired) electrons. The van der Waals surface area contributed by atoms with Gasteiger partial charge in [0.25, 0.3) is 5.91 Å². The van der Waals surface area contributed by atoms with Crippen molar-refractivity contribution in [3.8, 4) is 11.5 Å². The first-order chi connectivity index (χ1) is 14.2. The molecule has 9 heteroatoms. The van der Waals surface area contributed by atoms with Crippen molar-refractivity contribution >= 4 is 17.9 Å². The number of amides is 2. The van der Waals surface area contributed by atoms with Crippen LogP contribution in [-0.4, -0.2) is 43.3 Å². The van der Waals surface area contributed by atoms with E-state index in [1.54, 1.807) is 43.5 Å². The molecule has 1 aliphatic rings. The van der Waals surface area contributed by atoms with E-state index in [-0.39, 0.29) is 24.8 Å². The molecule has 2 aromatic carbocycles. The molecule has 3 rings (SSSR count). The van der Waals surface area contributed by atoms with Gasteiger partial charge in [0.2, 0.25) is 12.7 Å². The van der Waals surface area contributed by atoms with Crippen LogP contribution < -0.4 is 14.8 Å². The quantitative estimate of drug-likeness (QED) is 0.728. The summed E-state index contributed by atoms with van der Waals surface area (Å²) in [5.41, 5.74) is 1.63. The average molecular weight is 420 g/mol. The molecule has 30 heavy (non-hydrogen) atoms. The van der Waals surface area contributed by atoms with Crippen LogP contribution in [0.1, 0.15) is 21.5 Å². The summed E-state index contributed by atoms with van der Waals surface area (Å²) in [4.78, 5) is 25.5. The summed E-state index contributed by atoms with van der Waals surface area (Å²) in [6.45, 7) is -0.942. The number of nitrogens with one attached hydrogen (secondary N) is 1. The number of halogens is 3. The van der Waals surface area contributed by atoms with Gasteiger partial charge in [0, 0.05) is 25.2 Å². The van der Waals surface area contributed by atoms with Crippen LogP contribution >= 0.6 is 0 Å². The molecule has 0 spiro atoms. The lowest BCUT2D eigenvalue weighted by Crippen LogP contribution is -2.33. The molecule has 0 aliphatic carbocycles. The molecule has 1 N–H and O–H groups in total. The number of benzene rings is 2. The maximum absolute atomic E-state index is 12.3. The highest BCUT2D eigenvalue weighted by Gasteiger charge is 2.27. The van der Waals surface area contributed by atoms with Gasteiger partial charge in [0.05, 0.1) is 0 Å². The Hall–Kier alpha value is -3.49. The number of likely N-dealkylation sites (N-methyl/N-ethyl adjacent to an activating group) is 1. The molecule has 0 atom stereocenters. The first-order valence-electron chi connectivity index (χ1n) is 8.98. The maximum Gasteiger partial charge on any atom is 0.405 e. The van der Waals surface area contributed by atoms with Gasteiger partial charge in [-0.2, -0.15) is 13.2 Å². The molecule has 158 valence electrons. The van der Waals surface area contributed by atoms with Crippen LogP contribution in [-0.2, 0) is 11.3 Å². The van der Waals surface area contributed by atoms with Crippen molar-refractivity contribution < 1.29 is 32.2 Å². The summed E-state index contributed by atoms with van der Waals surface area (Å²) >= 11 is 0. The first kappa shape index (κ1) is 21.2. The number of carbonyl (C=O) groups is 2. The molecular formula is C21H19F3N2O4. The molecule has 0 bridgehead atoms. The number of hydrogen-bond donors (Lipinski definition) is 1. The molecule has 0 fully saturated rings. The largest absolute Gasteiger partial charge is 0.454 e. The van der Waals surface area contributed by atoms with Crippen LogP contribution in [0.15, 0.2) is 48.5 Å². The summed E-state index contributed by atoms with van der Waals surface area (Å²) in [7, 11) is 1.62. The molecular weight excluding hydrogens is 401 g/mol. The molecule has 0 saturated heterocycles. The lowest BCUT2D eigenvalue weighted by molar-refractivity contribution is -0.125. The van der Waals surface area contributed by atoms with Crippen LogP contribution in [0.25, 0.3) is 6.08 Å². The van der Waals surface area contributed by atoms with Crippen LogP contribution in [0.3, 0.4) is 0 Å². The third-order valence-corrected chi connectivity index (χ3v) is 4.28. The van der Waals surface area contributed by atoms with Gasteiger partial charge in [-0.3, -0.25) is 9.59 Å². The van der Waals surface area contributed by atoms with Gasteiger partial charge in [-0.25, -0.2) is 0 Å². The summed E-state index contributed by atoms with van der Waals surface area (Å²) in [6.07, 6.45) is -1.38. The second-order valence-corrected chi connectivity index (χ2v) is 6.64. The molecule has 0 unspecified atom stereocenters. The number of nitrogens with zero attached hydrogens (tertiary/aromatic N) is 1. The number of fused-ring (bicyclic) bond motifs is 1. The number of alkyl halides is 3. The van der Waals surface area contributed by atoms with Crippen LogP contribution in [0.5, 0.6) is 11.5 Å². The lowest BCUT2D eigenvalue weighted by Gasteiger charge is -2.15. The van der Waals surface area contributed by atoms with Crippen molar-refractivity contribution in [2.45, 2.75) is 12.7 Å². The molecule has 1 aliphatic heterocycles.